The number of aryl methyl sites for hydroxylation is 2. The predicted molar refractivity (Wildman–Crippen MR) is 104 cm³/mol. The molecule has 0 amide bonds. The van der Waals surface area contributed by atoms with Crippen LogP contribution in [0.15, 0.2) is 47.6 Å². The molecular weight excluding hydrogens is 354 g/mol. The minimum absolute atomic E-state index is 0.616. The van der Waals surface area contributed by atoms with E-state index in [0.29, 0.717) is 11.6 Å². The number of thioether (sulfide) groups is 1. The van der Waals surface area contributed by atoms with Gasteiger partial charge in [0.15, 0.2) is 11.0 Å². The molecule has 130 valence electrons. The maximum absolute atomic E-state index is 6.26. The van der Waals surface area contributed by atoms with E-state index in [4.69, 9.17) is 16.3 Å². The molecule has 25 heavy (non-hydrogen) atoms. The van der Waals surface area contributed by atoms with E-state index in [-0.39, 0.29) is 0 Å². The quantitative estimate of drug-likeness (QED) is 0.454. The van der Waals surface area contributed by atoms with E-state index in [1.165, 1.54) is 0 Å². The molecule has 0 spiro atoms. The van der Waals surface area contributed by atoms with Crippen LogP contribution in [0.25, 0.3) is 11.4 Å². The molecule has 0 aliphatic heterocycles. The molecule has 0 aliphatic carbocycles. The molecule has 0 atom stereocenters. The van der Waals surface area contributed by atoms with Gasteiger partial charge in [0.2, 0.25) is 0 Å². The third-order valence-electron chi connectivity index (χ3n) is 3.92. The molecule has 1 aromatic heterocycles. The Kier molecular flexibility index (Phi) is 5.66. The number of benzene rings is 2. The summed E-state index contributed by atoms with van der Waals surface area (Å²) in [6.07, 6.45) is 0. The number of nitrogens with zero attached hydrogens (tertiary/aromatic N) is 3. The molecule has 0 N–H and O–H groups in total. The van der Waals surface area contributed by atoms with Gasteiger partial charge < -0.3 is 9.30 Å². The van der Waals surface area contributed by atoms with Gasteiger partial charge in [0.05, 0.1) is 11.6 Å². The second-order valence-corrected chi connectivity index (χ2v) is 7.23. The highest BCUT2D eigenvalue weighted by molar-refractivity contribution is 7.99. The molecule has 0 bridgehead atoms. The van der Waals surface area contributed by atoms with Crippen molar-refractivity contribution in [3.63, 3.8) is 0 Å². The van der Waals surface area contributed by atoms with E-state index in [1.54, 1.807) is 11.8 Å². The van der Waals surface area contributed by atoms with Gasteiger partial charge in [-0.1, -0.05) is 53.7 Å². The zero-order valence-electron chi connectivity index (χ0n) is 14.5. The lowest BCUT2D eigenvalue weighted by molar-refractivity contribution is 0.339. The average molecular weight is 374 g/mol. The maximum atomic E-state index is 6.26. The van der Waals surface area contributed by atoms with Crippen LogP contribution in [-0.4, -0.2) is 27.1 Å². The SMILES string of the molecule is Cc1cccc(C)c1OCCSc1nnc(-c2ccccc2Cl)n1C. The Morgan fingerprint density at radius 1 is 1.04 bits per heavy atom. The van der Waals surface area contributed by atoms with Crippen LogP contribution >= 0.6 is 23.4 Å². The lowest BCUT2D eigenvalue weighted by Crippen LogP contribution is -2.04. The normalized spacial score (nSPS) is 10.9. The van der Waals surface area contributed by atoms with Crippen molar-refractivity contribution in [3.05, 3.63) is 58.6 Å². The molecule has 6 heteroatoms. The summed E-state index contributed by atoms with van der Waals surface area (Å²) < 4.78 is 7.90. The van der Waals surface area contributed by atoms with Crippen LogP contribution < -0.4 is 4.74 Å². The zero-order valence-corrected chi connectivity index (χ0v) is 16.1. The zero-order chi connectivity index (χ0) is 17.8. The number of hydrogen-bond acceptors (Lipinski definition) is 4. The molecule has 3 aromatic rings. The van der Waals surface area contributed by atoms with Crippen LogP contribution in [0, 0.1) is 13.8 Å². The Hall–Kier alpha value is -1.98. The molecule has 4 nitrogen and oxygen atoms in total. The summed E-state index contributed by atoms with van der Waals surface area (Å²) in [5.41, 5.74) is 3.20. The number of aromatic nitrogens is 3. The first kappa shape index (κ1) is 17.8. The molecule has 1 heterocycles. The highest BCUT2D eigenvalue weighted by Crippen LogP contribution is 2.28. The molecular formula is C19H20ClN3OS. The van der Waals surface area contributed by atoms with Crippen molar-refractivity contribution in [3.8, 4) is 17.1 Å². The van der Waals surface area contributed by atoms with Gasteiger partial charge in [0, 0.05) is 18.4 Å². The third-order valence-corrected chi connectivity index (χ3v) is 5.23. The Labute approximate surface area is 157 Å². The topological polar surface area (TPSA) is 39.9 Å². The molecule has 0 saturated heterocycles. The summed E-state index contributed by atoms with van der Waals surface area (Å²) in [5.74, 6) is 2.53. The summed E-state index contributed by atoms with van der Waals surface area (Å²) in [6, 6.07) is 13.8. The number of ether oxygens (including phenoxy) is 1. The third kappa shape index (κ3) is 3.99. The van der Waals surface area contributed by atoms with Gasteiger partial charge in [-0.25, -0.2) is 0 Å². The molecule has 0 radical (unpaired) electrons. The van der Waals surface area contributed by atoms with Gasteiger partial charge in [-0.3, -0.25) is 0 Å². The highest BCUT2D eigenvalue weighted by atomic mass is 35.5. The fourth-order valence-electron chi connectivity index (χ4n) is 2.62. The molecule has 2 aromatic carbocycles. The summed E-state index contributed by atoms with van der Waals surface area (Å²) in [4.78, 5) is 0. The minimum Gasteiger partial charge on any atom is -0.492 e. The Morgan fingerprint density at radius 3 is 2.48 bits per heavy atom. The lowest BCUT2D eigenvalue weighted by atomic mass is 10.1. The molecule has 0 aliphatic rings. The van der Waals surface area contributed by atoms with Crippen LogP contribution in [0.3, 0.4) is 0 Å². The summed E-state index contributed by atoms with van der Waals surface area (Å²) in [5, 5.41) is 10.1. The first-order chi connectivity index (χ1) is 12.1. The highest BCUT2D eigenvalue weighted by Gasteiger charge is 2.13. The number of para-hydroxylation sites is 1. The van der Waals surface area contributed by atoms with E-state index in [0.717, 1.165) is 39.2 Å². The van der Waals surface area contributed by atoms with Crippen LogP contribution in [0.4, 0.5) is 0 Å². The van der Waals surface area contributed by atoms with E-state index in [2.05, 4.69) is 36.2 Å². The number of hydrogen-bond donors (Lipinski definition) is 0. The smallest absolute Gasteiger partial charge is 0.191 e. The second kappa shape index (κ2) is 7.93. The first-order valence-corrected chi connectivity index (χ1v) is 9.40. The molecule has 0 saturated carbocycles. The molecule has 0 unspecified atom stereocenters. The van der Waals surface area contributed by atoms with Crippen LogP contribution in [0.1, 0.15) is 11.1 Å². The Balaban J connectivity index is 1.62. The average Bonchev–Trinajstić information content (AvgIpc) is 2.95. The fraction of sp³-hybridized carbons (Fsp3) is 0.263. The number of halogens is 1. The van der Waals surface area contributed by atoms with Crippen molar-refractivity contribution in [1.82, 2.24) is 14.8 Å². The van der Waals surface area contributed by atoms with Gasteiger partial charge in [-0.15, -0.1) is 10.2 Å². The van der Waals surface area contributed by atoms with E-state index in [1.807, 2.05) is 41.9 Å². The van der Waals surface area contributed by atoms with Crippen molar-refractivity contribution in [2.45, 2.75) is 19.0 Å². The van der Waals surface area contributed by atoms with Gasteiger partial charge in [0.25, 0.3) is 0 Å². The largest absolute Gasteiger partial charge is 0.492 e. The van der Waals surface area contributed by atoms with Crippen molar-refractivity contribution in [1.29, 1.82) is 0 Å². The monoisotopic (exact) mass is 373 g/mol. The molecule has 0 fully saturated rings. The van der Waals surface area contributed by atoms with Gasteiger partial charge in [0.1, 0.15) is 5.75 Å². The maximum Gasteiger partial charge on any atom is 0.191 e. The van der Waals surface area contributed by atoms with Gasteiger partial charge >= 0.3 is 0 Å². The summed E-state index contributed by atoms with van der Waals surface area (Å²) >= 11 is 7.88. The standard InChI is InChI=1S/C19H20ClN3OS/c1-13-7-6-8-14(2)17(13)24-11-12-25-19-22-21-18(23(19)3)15-9-4-5-10-16(15)20/h4-10H,11-12H2,1-3H3. The predicted octanol–water partition coefficient (Wildman–Crippen LogP) is 4.92. The molecule has 3 rings (SSSR count). The van der Waals surface area contributed by atoms with E-state index >= 15 is 0 Å². The van der Waals surface area contributed by atoms with Crippen LogP contribution in [0.2, 0.25) is 5.02 Å². The minimum atomic E-state index is 0.616. The van der Waals surface area contributed by atoms with Crippen molar-refractivity contribution >= 4 is 23.4 Å². The first-order valence-electron chi connectivity index (χ1n) is 8.04. The van der Waals surface area contributed by atoms with Crippen LogP contribution in [-0.2, 0) is 7.05 Å². The Bertz CT molecular complexity index is 859. The van der Waals surface area contributed by atoms with Crippen LogP contribution in [0.5, 0.6) is 5.75 Å². The van der Waals surface area contributed by atoms with E-state index < -0.39 is 0 Å². The summed E-state index contributed by atoms with van der Waals surface area (Å²) in [6.45, 7) is 4.74. The van der Waals surface area contributed by atoms with Gasteiger partial charge in [-0.2, -0.15) is 0 Å². The number of rotatable bonds is 6. The summed E-state index contributed by atoms with van der Waals surface area (Å²) in [7, 11) is 1.95. The van der Waals surface area contributed by atoms with Gasteiger partial charge in [-0.05, 0) is 37.1 Å². The Morgan fingerprint density at radius 2 is 1.76 bits per heavy atom. The van der Waals surface area contributed by atoms with Crippen molar-refractivity contribution < 1.29 is 4.74 Å². The van der Waals surface area contributed by atoms with Crippen molar-refractivity contribution in [2.75, 3.05) is 12.4 Å². The fourth-order valence-corrected chi connectivity index (χ4v) is 3.57. The van der Waals surface area contributed by atoms with Crippen molar-refractivity contribution in [2.24, 2.45) is 7.05 Å². The second-order valence-electron chi connectivity index (χ2n) is 5.76. The lowest BCUT2D eigenvalue weighted by Gasteiger charge is -2.11. The van der Waals surface area contributed by atoms with E-state index in [9.17, 15) is 0 Å².